The second-order valence-corrected chi connectivity index (χ2v) is 6.98. The van der Waals surface area contributed by atoms with Gasteiger partial charge in [0.1, 0.15) is 0 Å². The smallest absolute Gasteiger partial charge is 0.407 e. The number of rotatable bonds is 10. The number of ether oxygens (including phenoxy) is 2. The fourth-order valence-corrected chi connectivity index (χ4v) is 2.00. The maximum absolute atomic E-state index is 11.3. The zero-order valence-electron chi connectivity index (χ0n) is 15.4. The van der Waals surface area contributed by atoms with Crippen molar-refractivity contribution in [2.75, 3.05) is 20.3 Å². The van der Waals surface area contributed by atoms with Gasteiger partial charge in [0.2, 0.25) is 0 Å². The van der Waals surface area contributed by atoms with E-state index >= 15 is 0 Å². The van der Waals surface area contributed by atoms with Gasteiger partial charge in [0, 0.05) is 24.4 Å². The number of carbonyl (C=O) groups is 1. The molecule has 0 aliphatic heterocycles. The van der Waals surface area contributed by atoms with Gasteiger partial charge in [-0.25, -0.2) is 4.79 Å². The Labute approximate surface area is 135 Å². The number of carbonyl (C=O) groups excluding carboxylic acids is 1. The fraction of sp³-hybridized carbons (Fsp3) is 0.882. The number of hydrogen-bond donors (Lipinski definition) is 1. The number of hydrogen-bond acceptors (Lipinski definition) is 4. The lowest BCUT2D eigenvalue weighted by Crippen LogP contribution is -2.44. The van der Waals surface area contributed by atoms with Crippen LogP contribution in [0.4, 0.5) is 4.79 Å². The Morgan fingerprint density at radius 1 is 1.18 bits per heavy atom. The summed E-state index contributed by atoms with van der Waals surface area (Å²) < 4.78 is 10.6. The van der Waals surface area contributed by atoms with Crippen LogP contribution in [-0.4, -0.2) is 43.2 Å². The summed E-state index contributed by atoms with van der Waals surface area (Å²) in [6, 6.07) is 0. The maximum atomic E-state index is 11.3. The summed E-state index contributed by atoms with van der Waals surface area (Å²) in [6.07, 6.45) is 3.40. The van der Waals surface area contributed by atoms with Crippen LogP contribution < -0.4 is 5.32 Å². The minimum Gasteiger partial charge on any atom is -0.453 e. The third-order valence-electron chi connectivity index (χ3n) is 3.55. The molecule has 0 aromatic heterocycles. The summed E-state index contributed by atoms with van der Waals surface area (Å²) in [5.41, 5.74) is 0.651. The molecule has 22 heavy (non-hydrogen) atoms. The number of nitrogens with zero attached hydrogens (tertiary/aromatic N) is 1. The molecule has 5 heteroatoms. The Balaban J connectivity index is 4.11. The van der Waals surface area contributed by atoms with E-state index in [1.165, 1.54) is 12.8 Å². The van der Waals surface area contributed by atoms with Crippen LogP contribution in [0.3, 0.4) is 0 Å². The van der Waals surface area contributed by atoms with Gasteiger partial charge in [-0.2, -0.15) is 0 Å². The van der Waals surface area contributed by atoms with Crippen LogP contribution in [0.5, 0.6) is 0 Å². The highest BCUT2D eigenvalue weighted by Crippen LogP contribution is 2.17. The molecule has 0 fully saturated rings. The van der Waals surface area contributed by atoms with Gasteiger partial charge < -0.3 is 14.8 Å². The van der Waals surface area contributed by atoms with E-state index in [0.717, 1.165) is 32.2 Å². The van der Waals surface area contributed by atoms with Gasteiger partial charge in [0.15, 0.2) is 0 Å². The summed E-state index contributed by atoms with van der Waals surface area (Å²) in [4.78, 5) is 15.8. The molecule has 0 radical (unpaired) electrons. The molecule has 0 aromatic carbocycles. The van der Waals surface area contributed by atoms with Gasteiger partial charge in [-0.3, -0.25) is 4.99 Å². The van der Waals surface area contributed by atoms with Crippen molar-refractivity contribution < 1.29 is 14.3 Å². The zero-order chi connectivity index (χ0) is 17.2. The normalized spacial score (nSPS) is 13.1. The van der Waals surface area contributed by atoms with E-state index in [4.69, 9.17) is 4.74 Å². The molecule has 0 aromatic rings. The molecule has 1 amide bonds. The molecular weight excluding hydrogens is 280 g/mol. The first-order valence-electron chi connectivity index (χ1n) is 8.12. The number of aliphatic imine (C=N–C) groups is 1. The molecule has 0 spiro atoms. The Morgan fingerprint density at radius 2 is 1.82 bits per heavy atom. The molecule has 0 bridgehead atoms. The van der Waals surface area contributed by atoms with Crippen molar-refractivity contribution in [1.82, 2.24) is 5.32 Å². The van der Waals surface area contributed by atoms with E-state index < -0.39 is 6.09 Å². The largest absolute Gasteiger partial charge is 0.453 e. The fourth-order valence-electron chi connectivity index (χ4n) is 2.00. The highest BCUT2D eigenvalue weighted by molar-refractivity contribution is 5.81. The van der Waals surface area contributed by atoms with Crippen LogP contribution in [0.2, 0.25) is 0 Å². The molecule has 0 heterocycles. The van der Waals surface area contributed by atoms with E-state index in [1.807, 2.05) is 13.8 Å². The molecule has 0 atom stereocenters. The Bertz CT molecular complexity index is 363. The topological polar surface area (TPSA) is 59.9 Å². The van der Waals surface area contributed by atoms with Crippen molar-refractivity contribution >= 4 is 11.8 Å². The van der Waals surface area contributed by atoms with Gasteiger partial charge in [0.05, 0.1) is 12.7 Å². The zero-order valence-corrected chi connectivity index (χ0v) is 15.4. The van der Waals surface area contributed by atoms with Crippen LogP contribution >= 0.6 is 0 Å². The van der Waals surface area contributed by atoms with Crippen LogP contribution in [0.1, 0.15) is 67.2 Å². The lowest BCUT2D eigenvalue weighted by atomic mass is 10.0. The van der Waals surface area contributed by atoms with Crippen LogP contribution in [0.15, 0.2) is 4.99 Å². The molecule has 130 valence electrons. The van der Waals surface area contributed by atoms with E-state index in [0.29, 0.717) is 6.61 Å². The molecule has 0 saturated carbocycles. The lowest BCUT2D eigenvalue weighted by molar-refractivity contribution is -0.0287. The Morgan fingerprint density at radius 3 is 2.36 bits per heavy atom. The highest BCUT2D eigenvalue weighted by Gasteiger charge is 2.23. The Kier molecular flexibility index (Phi) is 9.33. The summed E-state index contributed by atoms with van der Waals surface area (Å²) in [5.74, 6) is 0. The molecule has 0 rings (SSSR count). The minimum atomic E-state index is -0.412. The molecule has 0 aliphatic rings. The van der Waals surface area contributed by atoms with Crippen molar-refractivity contribution in [3.8, 4) is 0 Å². The second kappa shape index (κ2) is 9.82. The molecule has 5 nitrogen and oxygen atoms in total. The summed E-state index contributed by atoms with van der Waals surface area (Å²) in [6.45, 7) is 13.7. The van der Waals surface area contributed by atoms with Gasteiger partial charge >= 0.3 is 6.09 Å². The van der Waals surface area contributed by atoms with Gasteiger partial charge in [-0.05, 0) is 53.9 Å². The van der Waals surface area contributed by atoms with Crippen molar-refractivity contribution in [2.24, 2.45) is 4.99 Å². The van der Waals surface area contributed by atoms with Crippen LogP contribution in [0.25, 0.3) is 0 Å². The average molecular weight is 314 g/mol. The van der Waals surface area contributed by atoms with Crippen molar-refractivity contribution in [1.29, 1.82) is 0 Å². The standard InChI is InChI=1S/C17H34N2O3/c1-8-9-14(2)18-12-10-17(5,6)22-13-11-16(3,4)19-15(20)21-7/h8-13H2,1-7H3,(H,19,20). The van der Waals surface area contributed by atoms with E-state index in [1.54, 1.807) is 0 Å². The van der Waals surface area contributed by atoms with Crippen LogP contribution in [0, 0.1) is 0 Å². The van der Waals surface area contributed by atoms with E-state index in [2.05, 4.69) is 42.7 Å². The predicted octanol–water partition coefficient (Wildman–Crippen LogP) is 3.96. The Hall–Kier alpha value is -1.10. The predicted molar refractivity (Wildman–Crippen MR) is 91.8 cm³/mol. The molecule has 0 unspecified atom stereocenters. The van der Waals surface area contributed by atoms with Gasteiger partial charge in [0.25, 0.3) is 0 Å². The summed E-state index contributed by atoms with van der Waals surface area (Å²) >= 11 is 0. The number of amides is 1. The minimum absolute atomic E-state index is 0.211. The van der Waals surface area contributed by atoms with E-state index in [-0.39, 0.29) is 11.1 Å². The first-order valence-corrected chi connectivity index (χ1v) is 8.12. The van der Waals surface area contributed by atoms with Crippen molar-refractivity contribution in [3.63, 3.8) is 0 Å². The molecule has 0 aliphatic carbocycles. The van der Waals surface area contributed by atoms with Crippen LogP contribution in [-0.2, 0) is 9.47 Å². The maximum Gasteiger partial charge on any atom is 0.407 e. The average Bonchev–Trinajstić information content (AvgIpc) is 2.37. The molecule has 0 saturated heterocycles. The molecular formula is C17H34N2O3. The van der Waals surface area contributed by atoms with E-state index in [9.17, 15) is 4.79 Å². The number of alkyl carbamates (subject to hydrolysis) is 1. The molecule has 1 N–H and O–H groups in total. The third kappa shape index (κ3) is 10.6. The quantitative estimate of drug-likeness (QED) is 0.621. The lowest BCUT2D eigenvalue weighted by Gasteiger charge is -2.29. The first-order chi connectivity index (χ1) is 10.1. The van der Waals surface area contributed by atoms with Gasteiger partial charge in [-0.1, -0.05) is 13.3 Å². The monoisotopic (exact) mass is 314 g/mol. The third-order valence-corrected chi connectivity index (χ3v) is 3.55. The summed E-state index contributed by atoms with van der Waals surface area (Å²) in [5, 5.41) is 2.80. The van der Waals surface area contributed by atoms with Crippen molar-refractivity contribution in [2.45, 2.75) is 78.4 Å². The number of methoxy groups -OCH3 is 1. The van der Waals surface area contributed by atoms with Gasteiger partial charge in [-0.15, -0.1) is 0 Å². The van der Waals surface area contributed by atoms with Crippen molar-refractivity contribution in [3.05, 3.63) is 0 Å². The second-order valence-electron chi connectivity index (χ2n) is 6.98. The summed E-state index contributed by atoms with van der Waals surface area (Å²) in [7, 11) is 1.37. The SMILES string of the molecule is CCCC(C)=NCCC(C)(C)OCCC(C)(C)NC(=O)OC. The first kappa shape index (κ1) is 20.9. The highest BCUT2D eigenvalue weighted by atomic mass is 16.5. The number of nitrogens with one attached hydrogen (secondary N) is 1.